The first-order valence-electron chi connectivity index (χ1n) is 5.10. The molecule has 7 heteroatoms. The highest BCUT2D eigenvalue weighted by molar-refractivity contribution is 5.56. The Bertz CT molecular complexity index is 636. The molecule has 3 aromatic rings. The van der Waals surface area contributed by atoms with E-state index in [2.05, 4.69) is 25.4 Å². The van der Waals surface area contributed by atoms with Crippen LogP contribution in [0.4, 0.5) is 0 Å². The summed E-state index contributed by atoms with van der Waals surface area (Å²) in [6.07, 6.45) is 3.20. The SMILES string of the molecule is Cc1[nH]ncc1-c1nc(C)n(-c2ccon2)n1. The minimum absolute atomic E-state index is 0.613. The Kier molecular flexibility index (Phi) is 2.04. The minimum Gasteiger partial charge on any atom is -0.363 e. The number of nitrogens with zero attached hydrogens (tertiary/aromatic N) is 5. The summed E-state index contributed by atoms with van der Waals surface area (Å²) in [5.41, 5.74) is 1.82. The summed E-state index contributed by atoms with van der Waals surface area (Å²) in [6.45, 7) is 3.79. The molecule has 0 spiro atoms. The van der Waals surface area contributed by atoms with Gasteiger partial charge in [0, 0.05) is 11.8 Å². The molecule has 7 nitrogen and oxygen atoms in total. The molecule has 0 saturated heterocycles. The minimum atomic E-state index is 0.613. The van der Waals surface area contributed by atoms with Crippen molar-refractivity contribution in [2.45, 2.75) is 13.8 Å². The summed E-state index contributed by atoms with van der Waals surface area (Å²) in [4.78, 5) is 4.38. The maximum atomic E-state index is 4.79. The number of aryl methyl sites for hydroxylation is 2. The number of rotatable bonds is 2. The van der Waals surface area contributed by atoms with Crippen LogP contribution in [0.25, 0.3) is 17.2 Å². The maximum Gasteiger partial charge on any atom is 0.198 e. The molecule has 0 aliphatic rings. The highest BCUT2D eigenvalue weighted by Crippen LogP contribution is 2.18. The van der Waals surface area contributed by atoms with E-state index in [0.717, 1.165) is 17.1 Å². The molecule has 0 atom stereocenters. The lowest BCUT2D eigenvalue weighted by molar-refractivity contribution is 0.414. The first kappa shape index (κ1) is 9.76. The highest BCUT2D eigenvalue weighted by atomic mass is 16.5. The fourth-order valence-corrected chi connectivity index (χ4v) is 1.61. The van der Waals surface area contributed by atoms with E-state index >= 15 is 0 Å². The van der Waals surface area contributed by atoms with Gasteiger partial charge in [-0.25, -0.2) is 4.98 Å². The lowest BCUT2D eigenvalue weighted by atomic mass is 10.2. The Balaban J connectivity index is 2.11. The van der Waals surface area contributed by atoms with Gasteiger partial charge in [-0.2, -0.15) is 9.78 Å². The number of hydrogen-bond donors (Lipinski definition) is 1. The molecule has 0 aliphatic heterocycles. The Labute approximate surface area is 96.5 Å². The van der Waals surface area contributed by atoms with Crippen LogP contribution < -0.4 is 0 Å². The summed E-state index contributed by atoms with van der Waals surface area (Å²) in [6, 6.07) is 1.73. The van der Waals surface area contributed by atoms with Crippen LogP contribution in [0.1, 0.15) is 11.5 Å². The molecular weight excluding hydrogens is 220 g/mol. The predicted molar refractivity (Wildman–Crippen MR) is 58.5 cm³/mol. The van der Waals surface area contributed by atoms with E-state index in [4.69, 9.17) is 4.52 Å². The van der Waals surface area contributed by atoms with E-state index in [9.17, 15) is 0 Å². The van der Waals surface area contributed by atoms with Crippen LogP contribution in [0.2, 0.25) is 0 Å². The maximum absolute atomic E-state index is 4.79. The fourth-order valence-electron chi connectivity index (χ4n) is 1.61. The molecule has 0 amide bonds. The molecule has 0 radical (unpaired) electrons. The van der Waals surface area contributed by atoms with Crippen molar-refractivity contribution in [3.05, 3.63) is 30.0 Å². The Morgan fingerprint density at radius 2 is 2.24 bits per heavy atom. The molecule has 0 saturated carbocycles. The van der Waals surface area contributed by atoms with Gasteiger partial charge in [0.1, 0.15) is 12.1 Å². The van der Waals surface area contributed by atoms with E-state index in [-0.39, 0.29) is 0 Å². The highest BCUT2D eigenvalue weighted by Gasteiger charge is 2.14. The second-order valence-electron chi connectivity index (χ2n) is 3.66. The van der Waals surface area contributed by atoms with Gasteiger partial charge in [-0.05, 0) is 13.8 Å². The first-order valence-corrected chi connectivity index (χ1v) is 5.10. The summed E-state index contributed by atoms with van der Waals surface area (Å²) in [7, 11) is 0. The molecule has 1 N–H and O–H groups in total. The van der Waals surface area contributed by atoms with Crippen LogP contribution >= 0.6 is 0 Å². The number of aromatic nitrogens is 6. The average Bonchev–Trinajstić information content (AvgIpc) is 2.97. The topological polar surface area (TPSA) is 85.4 Å². The number of hydrogen-bond acceptors (Lipinski definition) is 5. The van der Waals surface area contributed by atoms with Crippen molar-refractivity contribution in [3.63, 3.8) is 0 Å². The van der Waals surface area contributed by atoms with Gasteiger partial charge in [-0.3, -0.25) is 5.10 Å². The molecule has 0 bridgehead atoms. The number of H-pyrrole nitrogens is 1. The van der Waals surface area contributed by atoms with Crippen molar-refractivity contribution in [1.29, 1.82) is 0 Å². The third-order valence-electron chi connectivity index (χ3n) is 2.48. The van der Waals surface area contributed by atoms with E-state index in [1.54, 1.807) is 16.9 Å². The van der Waals surface area contributed by atoms with Crippen LogP contribution in [-0.2, 0) is 0 Å². The van der Waals surface area contributed by atoms with Gasteiger partial charge < -0.3 is 4.52 Å². The van der Waals surface area contributed by atoms with Crippen LogP contribution in [0.5, 0.6) is 0 Å². The molecular formula is C10H10N6O. The number of aromatic amines is 1. The summed E-state index contributed by atoms with van der Waals surface area (Å²) >= 11 is 0. The molecule has 0 aliphatic carbocycles. The molecule has 0 unspecified atom stereocenters. The zero-order chi connectivity index (χ0) is 11.8. The van der Waals surface area contributed by atoms with Gasteiger partial charge in [0.2, 0.25) is 0 Å². The van der Waals surface area contributed by atoms with E-state index in [1.807, 2.05) is 13.8 Å². The van der Waals surface area contributed by atoms with Crippen molar-refractivity contribution < 1.29 is 4.52 Å². The predicted octanol–water partition coefficient (Wildman–Crippen LogP) is 1.26. The second-order valence-corrected chi connectivity index (χ2v) is 3.66. The largest absolute Gasteiger partial charge is 0.363 e. The second kappa shape index (κ2) is 3.55. The third kappa shape index (κ3) is 1.52. The monoisotopic (exact) mass is 230 g/mol. The van der Waals surface area contributed by atoms with E-state index in [1.165, 1.54) is 6.26 Å². The molecule has 3 aromatic heterocycles. The van der Waals surface area contributed by atoms with Crippen molar-refractivity contribution in [1.82, 2.24) is 30.1 Å². The molecule has 86 valence electrons. The lowest BCUT2D eigenvalue weighted by Gasteiger charge is -1.93. The molecule has 3 rings (SSSR count). The average molecular weight is 230 g/mol. The van der Waals surface area contributed by atoms with Crippen molar-refractivity contribution >= 4 is 0 Å². The Hall–Kier alpha value is -2.44. The van der Waals surface area contributed by atoms with E-state index < -0.39 is 0 Å². The number of nitrogens with one attached hydrogen (secondary N) is 1. The first-order chi connectivity index (χ1) is 8.25. The zero-order valence-corrected chi connectivity index (χ0v) is 9.38. The van der Waals surface area contributed by atoms with Crippen molar-refractivity contribution in [2.24, 2.45) is 0 Å². The van der Waals surface area contributed by atoms with Gasteiger partial charge in [0.05, 0.1) is 11.8 Å². The quantitative estimate of drug-likeness (QED) is 0.716. The molecule has 0 aromatic carbocycles. The summed E-state index contributed by atoms with van der Waals surface area (Å²) in [5, 5.41) is 15.0. The van der Waals surface area contributed by atoms with Crippen LogP contribution in [0.3, 0.4) is 0 Å². The van der Waals surface area contributed by atoms with Gasteiger partial charge in [0.25, 0.3) is 0 Å². The van der Waals surface area contributed by atoms with Gasteiger partial charge in [-0.1, -0.05) is 5.16 Å². The van der Waals surface area contributed by atoms with Gasteiger partial charge >= 0.3 is 0 Å². The normalized spacial score (nSPS) is 10.9. The Morgan fingerprint density at radius 1 is 1.35 bits per heavy atom. The van der Waals surface area contributed by atoms with Gasteiger partial charge in [0.15, 0.2) is 11.6 Å². The fraction of sp³-hybridized carbons (Fsp3) is 0.200. The van der Waals surface area contributed by atoms with Crippen LogP contribution in [-0.4, -0.2) is 30.1 Å². The van der Waals surface area contributed by atoms with E-state index in [0.29, 0.717) is 11.6 Å². The zero-order valence-electron chi connectivity index (χ0n) is 9.38. The molecule has 3 heterocycles. The lowest BCUT2D eigenvalue weighted by Crippen LogP contribution is -1.99. The van der Waals surface area contributed by atoms with Crippen molar-refractivity contribution in [2.75, 3.05) is 0 Å². The van der Waals surface area contributed by atoms with Crippen LogP contribution in [0, 0.1) is 13.8 Å². The van der Waals surface area contributed by atoms with Crippen LogP contribution in [0.15, 0.2) is 23.0 Å². The summed E-state index contributed by atoms with van der Waals surface area (Å²) < 4.78 is 6.42. The standard InChI is InChI=1S/C10H10N6O/c1-6-8(5-11-13-6)10-12-7(2)16(14-10)9-3-4-17-15-9/h3-5H,1-2H3,(H,11,13). The smallest absolute Gasteiger partial charge is 0.198 e. The molecule has 17 heavy (non-hydrogen) atoms. The third-order valence-corrected chi connectivity index (χ3v) is 2.48. The van der Waals surface area contributed by atoms with Gasteiger partial charge in [-0.15, -0.1) is 5.10 Å². The Morgan fingerprint density at radius 3 is 2.88 bits per heavy atom. The molecule has 0 fully saturated rings. The summed E-state index contributed by atoms with van der Waals surface area (Å²) in [5.74, 6) is 1.98. The van der Waals surface area contributed by atoms with Crippen molar-refractivity contribution in [3.8, 4) is 17.2 Å².